The van der Waals surface area contributed by atoms with E-state index < -0.39 is 34.7 Å². The number of carboxylic acid groups (broad SMARTS) is 1. The second-order valence-corrected chi connectivity index (χ2v) is 12.0. The minimum absolute atomic E-state index is 0.0192. The first-order valence-electron chi connectivity index (χ1n) is 12.7. The molecule has 0 unspecified atom stereocenters. The second-order valence-electron chi connectivity index (χ2n) is 12.0. The Morgan fingerprint density at radius 3 is 1.16 bits per heavy atom. The van der Waals surface area contributed by atoms with Crippen molar-refractivity contribution in [2.75, 3.05) is 58.9 Å². The Hall–Kier alpha value is -2.24. The molecule has 11 heteroatoms. The number of esters is 3. The van der Waals surface area contributed by atoms with Crippen LogP contribution in [0.25, 0.3) is 0 Å². The van der Waals surface area contributed by atoms with E-state index in [1.54, 1.807) is 41.5 Å². The van der Waals surface area contributed by atoms with Gasteiger partial charge in [-0.1, -0.05) is 6.92 Å². The average Bonchev–Trinajstić information content (AvgIpc) is 2.63. The Balaban J connectivity index is 5.35. The van der Waals surface area contributed by atoms with E-state index in [-0.39, 0.29) is 38.7 Å². The molecule has 0 spiro atoms. The van der Waals surface area contributed by atoms with Crippen molar-refractivity contribution in [3.05, 3.63) is 0 Å². The van der Waals surface area contributed by atoms with Gasteiger partial charge in [-0.15, -0.1) is 0 Å². The molecule has 0 amide bonds. The molecular weight excluding hydrogens is 482 g/mol. The first kappa shape index (κ1) is 34.8. The molecule has 0 aromatic heterocycles. The zero-order valence-corrected chi connectivity index (χ0v) is 24.5. The zero-order chi connectivity index (χ0) is 29.0. The summed E-state index contributed by atoms with van der Waals surface area (Å²) >= 11 is 0. The number of rotatable bonds is 15. The minimum Gasteiger partial charge on any atom is -0.480 e. The van der Waals surface area contributed by atoms with Crippen LogP contribution in [0.5, 0.6) is 0 Å². The van der Waals surface area contributed by atoms with Gasteiger partial charge in [0, 0.05) is 26.2 Å². The van der Waals surface area contributed by atoms with Gasteiger partial charge in [0.1, 0.15) is 16.8 Å². The van der Waals surface area contributed by atoms with Gasteiger partial charge in [-0.05, 0) is 68.9 Å². The van der Waals surface area contributed by atoms with Crippen LogP contribution in [0.3, 0.4) is 0 Å². The first-order chi connectivity index (χ1) is 16.7. The molecule has 216 valence electrons. The summed E-state index contributed by atoms with van der Waals surface area (Å²) in [6.07, 6.45) is 0. The van der Waals surface area contributed by atoms with Crippen LogP contribution < -0.4 is 0 Å². The summed E-state index contributed by atoms with van der Waals surface area (Å²) in [5.41, 5.74) is -1.92. The average molecular weight is 532 g/mol. The SMILES string of the molecule is CCN(CCN(CCN(CC(=O)O)CC(=O)OC(C)(C)C)CC(=O)OC(C)(C)C)CC(=O)OC(C)(C)C. The molecule has 37 heavy (non-hydrogen) atoms. The van der Waals surface area contributed by atoms with E-state index >= 15 is 0 Å². The fraction of sp³-hybridized carbons (Fsp3) is 0.846. The highest BCUT2D eigenvalue weighted by molar-refractivity contribution is 5.74. The van der Waals surface area contributed by atoms with E-state index in [1.807, 2.05) is 37.5 Å². The predicted molar refractivity (Wildman–Crippen MR) is 140 cm³/mol. The van der Waals surface area contributed by atoms with Gasteiger partial charge in [-0.25, -0.2) is 0 Å². The summed E-state index contributed by atoms with van der Waals surface area (Å²) in [5.74, 6) is -2.35. The van der Waals surface area contributed by atoms with Gasteiger partial charge in [-0.2, -0.15) is 0 Å². The van der Waals surface area contributed by atoms with Crippen LogP contribution in [0.15, 0.2) is 0 Å². The van der Waals surface area contributed by atoms with Crippen molar-refractivity contribution in [3.63, 3.8) is 0 Å². The summed E-state index contributed by atoms with van der Waals surface area (Å²) in [5, 5.41) is 9.31. The highest BCUT2D eigenvalue weighted by Crippen LogP contribution is 2.10. The monoisotopic (exact) mass is 531 g/mol. The van der Waals surface area contributed by atoms with Crippen LogP contribution in [0, 0.1) is 0 Å². The lowest BCUT2D eigenvalue weighted by Crippen LogP contribution is -2.46. The quantitative estimate of drug-likeness (QED) is 0.246. The third-order valence-electron chi connectivity index (χ3n) is 4.59. The molecule has 0 heterocycles. The summed E-state index contributed by atoms with van der Waals surface area (Å²) in [6.45, 7) is 19.5. The van der Waals surface area contributed by atoms with E-state index in [0.29, 0.717) is 26.2 Å². The van der Waals surface area contributed by atoms with Crippen molar-refractivity contribution >= 4 is 23.9 Å². The molecule has 0 rings (SSSR count). The van der Waals surface area contributed by atoms with Crippen molar-refractivity contribution in [1.82, 2.24) is 14.7 Å². The van der Waals surface area contributed by atoms with Crippen LogP contribution in [0.4, 0.5) is 0 Å². The molecule has 1 N–H and O–H groups in total. The number of nitrogens with zero attached hydrogens (tertiary/aromatic N) is 3. The largest absolute Gasteiger partial charge is 0.480 e. The molecule has 0 aromatic carbocycles. The topological polar surface area (TPSA) is 126 Å². The first-order valence-corrected chi connectivity index (χ1v) is 12.7. The molecule has 0 radical (unpaired) electrons. The van der Waals surface area contributed by atoms with Gasteiger partial charge in [0.2, 0.25) is 0 Å². The molecule has 0 aliphatic rings. The second kappa shape index (κ2) is 15.2. The van der Waals surface area contributed by atoms with Crippen molar-refractivity contribution < 1.29 is 38.5 Å². The third kappa shape index (κ3) is 20.5. The van der Waals surface area contributed by atoms with Gasteiger partial charge in [0.05, 0.1) is 26.2 Å². The Morgan fingerprint density at radius 2 is 0.838 bits per heavy atom. The number of ether oxygens (including phenoxy) is 3. The molecule has 0 saturated heterocycles. The number of carboxylic acids is 1. The number of carbonyl (C=O) groups excluding carboxylic acids is 3. The Morgan fingerprint density at radius 1 is 0.541 bits per heavy atom. The number of likely N-dealkylation sites (N-methyl/N-ethyl adjacent to an activating group) is 1. The number of hydrogen-bond donors (Lipinski definition) is 1. The third-order valence-corrected chi connectivity index (χ3v) is 4.59. The highest BCUT2D eigenvalue weighted by atomic mass is 16.6. The Bertz CT molecular complexity index is 750. The molecule has 0 aliphatic carbocycles. The fourth-order valence-electron chi connectivity index (χ4n) is 3.26. The maximum atomic E-state index is 12.5. The zero-order valence-electron chi connectivity index (χ0n) is 24.5. The van der Waals surface area contributed by atoms with Gasteiger partial charge in [-0.3, -0.25) is 33.9 Å². The Kier molecular flexibility index (Phi) is 14.3. The van der Waals surface area contributed by atoms with Crippen molar-refractivity contribution in [3.8, 4) is 0 Å². The molecular formula is C26H49N3O8. The van der Waals surface area contributed by atoms with E-state index in [0.717, 1.165) is 0 Å². The Labute approximate surface area is 222 Å². The van der Waals surface area contributed by atoms with Gasteiger partial charge < -0.3 is 19.3 Å². The normalized spacial score (nSPS) is 12.7. The van der Waals surface area contributed by atoms with E-state index in [9.17, 15) is 24.3 Å². The standard InChI is InChI=1S/C26H49N3O8/c1-11-27(17-21(32)35-24(2,3)4)12-13-28(18-22(33)36-25(5,6)7)14-15-29(16-20(30)31)19-23(34)37-26(8,9)10/h11-19H2,1-10H3,(H,30,31). The maximum Gasteiger partial charge on any atom is 0.320 e. The summed E-state index contributed by atoms with van der Waals surface area (Å²) in [6, 6.07) is 0. The predicted octanol–water partition coefficient (Wildman–Crippen LogP) is 2.02. The molecule has 0 atom stereocenters. The summed E-state index contributed by atoms with van der Waals surface area (Å²) in [7, 11) is 0. The van der Waals surface area contributed by atoms with Crippen molar-refractivity contribution in [2.24, 2.45) is 0 Å². The number of hydrogen-bond acceptors (Lipinski definition) is 10. The van der Waals surface area contributed by atoms with E-state index in [4.69, 9.17) is 14.2 Å². The molecule has 0 bridgehead atoms. The number of aliphatic carboxylic acids is 1. The van der Waals surface area contributed by atoms with Crippen LogP contribution in [-0.4, -0.2) is 119 Å². The van der Waals surface area contributed by atoms with E-state index in [2.05, 4.69) is 0 Å². The van der Waals surface area contributed by atoms with Gasteiger partial charge in [0.15, 0.2) is 0 Å². The smallest absolute Gasteiger partial charge is 0.320 e. The molecule has 0 aliphatic heterocycles. The van der Waals surface area contributed by atoms with Crippen LogP contribution in [0.2, 0.25) is 0 Å². The van der Waals surface area contributed by atoms with Crippen molar-refractivity contribution in [1.29, 1.82) is 0 Å². The van der Waals surface area contributed by atoms with Crippen LogP contribution in [0.1, 0.15) is 69.2 Å². The highest BCUT2D eigenvalue weighted by Gasteiger charge is 2.24. The lowest BCUT2D eigenvalue weighted by molar-refractivity contribution is -0.158. The summed E-state index contributed by atoms with van der Waals surface area (Å²) in [4.78, 5) is 53.7. The minimum atomic E-state index is -1.07. The van der Waals surface area contributed by atoms with E-state index in [1.165, 1.54) is 4.90 Å². The van der Waals surface area contributed by atoms with Crippen molar-refractivity contribution in [2.45, 2.75) is 86.0 Å². The molecule has 0 fully saturated rings. The summed E-state index contributed by atoms with van der Waals surface area (Å²) < 4.78 is 16.2. The fourth-order valence-corrected chi connectivity index (χ4v) is 3.26. The van der Waals surface area contributed by atoms with Gasteiger partial charge >= 0.3 is 23.9 Å². The molecule has 11 nitrogen and oxygen atoms in total. The molecule has 0 saturated carbocycles. The van der Waals surface area contributed by atoms with Crippen LogP contribution in [-0.2, 0) is 33.4 Å². The van der Waals surface area contributed by atoms with Crippen LogP contribution >= 0.6 is 0 Å². The lowest BCUT2D eigenvalue weighted by atomic mass is 10.2. The number of carbonyl (C=O) groups is 4. The lowest BCUT2D eigenvalue weighted by Gasteiger charge is -2.30. The maximum absolute atomic E-state index is 12.5. The molecule has 0 aromatic rings. The van der Waals surface area contributed by atoms with Gasteiger partial charge in [0.25, 0.3) is 0 Å².